The number of hydrogen-bond acceptors (Lipinski definition) is 5. The van der Waals surface area contributed by atoms with Crippen LogP contribution in [0.15, 0.2) is 78.9 Å². The lowest BCUT2D eigenvalue weighted by Crippen LogP contribution is -2.49. The SMILES string of the molecule is O=C(O)c1ccc(N2CCC(Cc3ccccc3-c3ccccc3)(OCCN3CCOCC3)CC2)cc1. The Balaban J connectivity index is 1.33. The van der Waals surface area contributed by atoms with Crippen LogP contribution in [0.5, 0.6) is 0 Å². The van der Waals surface area contributed by atoms with E-state index in [-0.39, 0.29) is 5.60 Å². The summed E-state index contributed by atoms with van der Waals surface area (Å²) in [6.07, 6.45) is 2.70. The Morgan fingerprint density at radius 2 is 1.54 bits per heavy atom. The summed E-state index contributed by atoms with van der Waals surface area (Å²) < 4.78 is 12.3. The van der Waals surface area contributed by atoms with Crippen molar-refractivity contribution in [3.8, 4) is 11.1 Å². The van der Waals surface area contributed by atoms with Crippen molar-refractivity contribution in [2.45, 2.75) is 24.9 Å². The van der Waals surface area contributed by atoms with Gasteiger partial charge in [-0.15, -0.1) is 0 Å². The molecule has 3 aromatic rings. The van der Waals surface area contributed by atoms with Crippen LogP contribution in [0.4, 0.5) is 5.69 Å². The van der Waals surface area contributed by atoms with Gasteiger partial charge in [0.25, 0.3) is 0 Å². The summed E-state index contributed by atoms with van der Waals surface area (Å²) in [6.45, 7) is 6.90. The second kappa shape index (κ2) is 11.9. The van der Waals surface area contributed by atoms with Crippen LogP contribution in [0.25, 0.3) is 11.1 Å². The number of aromatic carboxylic acids is 1. The van der Waals surface area contributed by atoms with Crippen molar-refractivity contribution in [2.24, 2.45) is 0 Å². The number of rotatable bonds is 9. The third-order valence-corrected chi connectivity index (χ3v) is 7.69. The number of hydrogen-bond donors (Lipinski definition) is 1. The molecule has 6 heteroatoms. The summed E-state index contributed by atoms with van der Waals surface area (Å²) in [7, 11) is 0. The average Bonchev–Trinajstić information content (AvgIpc) is 2.95. The zero-order valence-corrected chi connectivity index (χ0v) is 21.4. The fourth-order valence-corrected chi connectivity index (χ4v) is 5.50. The molecule has 0 radical (unpaired) electrons. The van der Waals surface area contributed by atoms with Crippen LogP contribution in [0.2, 0.25) is 0 Å². The minimum absolute atomic E-state index is 0.241. The fraction of sp³-hybridized carbons (Fsp3) is 0.387. The first-order valence-corrected chi connectivity index (χ1v) is 13.3. The summed E-state index contributed by atoms with van der Waals surface area (Å²) in [4.78, 5) is 16.0. The molecule has 0 bridgehead atoms. The van der Waals surface area contributed by atoms with Crippen molar-refractivity contribution in [3.63, 3.8) is 0 Å². The van der Waals surface area contributed by atoms with Gasteiger partial charge in [-0.1, -0.05) is 54.6 Å². The van der Waals surface area contributed by atoms with E-state index in [2.05, 4.69) is 64.4 Å². The Morgan fingerprint density at radius 1 is 0.865 bits per heavy atom. The van der Waals surface area contributed by atoms with Crippen LogP contribution in [-0.4, -0.2) is 74.1 Å². The highest BCUT2D eigenvalue weighted by atomic mass is 16.5. The molecule has 2 saturated heterocycles. The van der Waals surface area contributed by atoms with Gasteiger partial charge in [-0.25, -0.2) is 4.79 Å². The monoisotopic (exact) mass is 500 g/mol. The molecule has 2 heterocycles. The van der Waals surface area contributed by atoms with Crippen LogP contribution >= 0.6 is 0 Å². The van der Waals surface area contributed by atoms with Gasteiger partial charge in [0, 0.05) is 44.8 Å². The normalized spacial score (nSPS) is 18.0. The first-order valence-electron chi connectivity index (χ1n) is 13.3. The van der Waals surface area contributed by atoms with Crippen LogP contribution in [-0.2, 0) is 15.9 Å². The molecule has 0 atom stereocenters. The van der Waals surface area contributed by atoms with E-state index in [0.29, 0.717) is 12.2 Å². The van der Waals surface area contributed by atoms with E-state index in [1.807, 2.05) is 12.1 Å². The van der Waals surface area contributed by atoms with Crippen molar-refractivity contribution >= 4 is 11.7 Å². The molecule has 3 aromatic carbocycles. The average molecular weight is 501 g/mol. The highest BCUT2D eigenvalue weighted by molar-refractivity contribution is 5.88. The number of carbonyl (C=O) groups is 1. The number of benzene rings is 3. The van der Waals surface area contributed by atoms with E-state index in [9.17, 15) is 9.90 Å². The van der Waals surface area contributed by atoms with Crippen LogP contribution < -0.4 is 4.90 Å². The van der Waals surface area contributed by atoms with E-state index < -0.39 is 5.97 Å². The second-order valence-corrected chi connectivity index (χ2v) is 10.0. The van der Waals surface area contributed by atoms with E-state index in [1.165, 1.54) is 16.7 Å². The Bertz CT molecular complexity index is 1150. The van der Waals surface area contributed by atoms with E-state index in [4.69, 9.17) is 9.47 Å². The zero-order valence-electron chi connectivity index (χ0n) is 21.4. The maximum Gasteiger partial charge on any atom is 0.335 e. The maximum atomic E-state index is 11.3. The Hall–Kier alpha value is -3.19. The summed E-state index contributed by atoms with van der Waals surface area (Å²) >= 11 is 0. The molecule has 1 N–H and O–H groups in total. The molecule has 2 aliphatic heterocycles. The molecule has 0 saturated carbocycles. The molecule has 6 nitrogen and oxygen atoms in total. The number of piperidine rings is 1. The lowest BCUT2D eigenvalue weighted by molar-refractivity contribution is -0.0732. The molecular weight excluding hydrogens is 464 g/mol. The molecule has 0 aromatic heterocycles. The van der Waals surface area contributed by atoms with E-state index in [1.54, 1.807) is 12.1 Å². The molecular formula is C31H36N2O4. The summed E-state index contributed by atoms with van der Waals surface area (Å²) in [6, 6.07) is 26.5. The van der Waals surface area contributed by atoms with E-state index >= 15 is 0 Å². The first kappa shape index (κ1) is 25.5. The summed E-state index contributed by atoms with van der Waals surface area (Å²) in [5.74, 6) is -0.894. The smallest absolute Gasteiger partial charge is 0.335 e. The van der Waals surface area contributed by atoms with Gasteiger partial charge in [-0.2, -0.15) is 0 Å². The predicted molar refractivity (Wildman–Crippen MR) is 146 cm³/mol. The van der Waals surface area contributed by atoms with Crippen molar-refractivity contribution in [2.75, 3.05) is 57.4 Å². The van der Waals surface area contributed by atoms with Gasteiger partial charge in [0.15, 0.2) is 0 Å². The van der Waals surface area contributed by atoms with Crippen molar-refractivity contribution in [1.29, 1.82) is 0 Å². The minimum atomic E-state index is -0.894. The number of anilines is 1. The van der Waals surface area contributed by atoms with Gasteiger partial charge in [0.2, 0.25) is 0 Å². The second-order valence-electron chi connectivity index (χ2n) is 10.0. The van der Waals surface area contributed by atoms with E-state index in [0.717, 1.165) is 70.9 Å². The van der Waals surface area contributed by atoms with Crippen molar-refractivity contribution in [3.05, 3.63) is 90.0 Å². The van der Waals surface area contributed by atoms with Crippen molar-refractivity contribution in [1.82, 2.24) is 4.90 Å². The Kier molecular flexibility index (Phi) is 8.19. The lowest BCUT2D eigenvalue weighted by Gasteiger charge is -2.43. The van der Waals surface area contributed by atoms with Crippen LogP contribution in [0, 0.1) is 0 Å². The topological polar surface area (TPSA) is 62.2 Å². The first-order chi connectivity index (χ1) is 18.1. The van der Waals surface area contributed by atoms with Crippen molar-refractivity contribution < 1.29 is 19.4 Å². The molecule has 37 heavy (non-hydrogen) atoms. The van der Waals surface area contributed by atoms with Gasteiger partial charge < -0.3 is 19.5 Å². The van der Waals surface area contributed by atoms with Gasteiger partial charge in [-0.3, -0.25) is 4.90 Å². The predicted octanol–water partition coefficient (Wildman–Crippen LogP) is 4.98. The third-order valence-electron chi connectivity index (χ3n) is 7.69. The lowest BCUT2D eigenvalue weighted by atomic mass is 9.82. The number of ether oxygens (including phenoxy) is 2. The highest BCUT2D eigenvalue weighted by Crippen LogP contribution is 2.35. The standard InChI is InChI=1S/C31H36N2O4/c34-30(35)26-10-12-28(13-11-26)33-16-14-31(15-17-33,37-23-20-32-18-21-36-22-19-32)24-27-8-4-5-9-29(27)25-6-2-1-3-7-25/h1-13H,14-24H2,(H,34,35). The summed E-state index contributed by atoms with van der Waals surface area (Å²) in [5, 5.41) is 9.24. The quantitative estimate of drug-likeness (QED) is 0.447. The molecule has 0 spiro atoms. The zero-order chi connectivity index (χ0) is 25.5. The molecule has 194 valence electrons. The third kappa shape index (κ3) is 6.39. The molecule has 5 rings (SSSR count). The fourth-order valence-electron chi connectivity index (χ4n) is 5.50. The van der Waals surface area contributed by atoms with Gasteiger partial charge in [-0.05, 0) is 53.8 Å². The van der Waals surface area contributed by atoms with Crippen LogP contribution in [0.3, 0.4) is 0 Å². The van der Waals surface area contributed by atoms with Gasteiger partial charge in [0.05, 0.1) is 31.0 Å². The molecule has 0 unspecified atom stereocenters. The molecule has 0 aliphatic carbocycles. The summed E-state index contributed by atoms with van der Waals surface area (Å²) in [5.41, 5.74) is 4.97. The van der Waals surface area contributed by atoms with Gasteiger partial charge >= 0.3 is 5.97 Å². The number of carboxylic acid groups (broad SMARTS) is 1. The molecule has 0 amide bonds. The Labute approximate surface area is 219 Å². The molecule has 2 fully saturated rings. The van der Waals surface area contributed by atoms with Gasteiger partial charge in [0.1, 0.15) is 0 Å². The maximum absolute atomic E-state index is 11.3. The number of morpholine rings is 1. The van der Waals surface area contributed by atoms with Crippen LogP contribution in [0.1, 0.15) is 28.8 Å². The Morgan fingerprint density at radius 3 is 2.24 bits per heavy atom. The minimum Gasteiger partial charge on any atom is -0.478 e. The largest absolute Gasteiger partial charge is 0.478 e. The number of carboxylic acids is 1. The number of nitrogens with zero attached hydrogens (tertiary/aromatic N) is 2. The molecule has 2 aliphatic rings. The highest BCUT2D eigenvalue weighted by Gasteiger charge is 2.36.